The second kappa shape index (κ2) is 15.5. The summed E-state index contributed by atoms with van der Waals surface area (Å²) in [5.41, 5.74) is 3.41. The molecule has 0 aliphatic heterocycles. The molecular weight excluding hydrogens is 302 g/mol. The first kappa shape index (κ1) is 21.6. The fourth-order valence-electron chi connectivity index (χ4n) is 1.62. The van der Waals surface area contributed by atoms with Crippen LogP contribution in [0.5, 0.6) is 0 Å². The Bertz CT molecular complexity index is 708. The van der Waals surface area contributed by atoms with Gasteiger partial charge < -0.3 is 0 Å². The van der Waals surface area contributed by atoms with Gasteiger partial charge in [0.25, 0.3) is 0 Å². The summed E-state index contributed by atoms with van der Waals surface area (Å²) < 4.78 is 0. The van der Waals surface area contributed by atoms with Crippen LogP contribution in [0.15, 0.2) is 110 Å². The second-order valence-electron chi connectivity index (χ2n) is 4.85. The third-order valence-electron chi connectivity index (χ3n) is 2.82. The van der Waals surface area contributed by atoms with E-state index in [9.17, 15) is 0 Å². The molecule has 0 heterocycles. The predicted molar refractivity (Wildman–Crippen MR) is 112 cm³/mol. The summed E-state index contributed by atoms with van der Waals surface area (Å²) in [7, 11) is 0. The smallest absolute Gasteiger partial charge is 0.0912 e. The Morgan fingerprint density at radius 3 is 1.68 bits per heavy atom. The van der Waals surface area contributed by atoms with Crippen molar-refractivity contribution in [2.24, 2.45) is 0 Å². The van der Waals surface area contributed by atoms with Crippen molar-refractivity contribution in [1.29, 1.82) is 5.26 Å². The topological polar surface area (TPSA) is 23.8 Å². The van der Waals surface area contributed by atoms with Crippen LogP contribution < -0.4 is 0 Å². The maximum atomic E-state index is 8.32. The Labute approximate surface area is 152 Å². The maximum Gasteiger partial charge on any atom is 0.0912 e. The van der Waals surface area contributed by atoms with Crippen LogP contribution in [-0.4, -0.2) is 0 Å². The van der Waals surface area contributed by atoms with Gasteiger partial charge in [0.2, 0.25) is 0 Å². The highest BCUT2D eigenvalue weighted by molar-refractivity contribution is 5.55. The van der Waals surface area contributed by atoms with Crippen molar-refractivity contribution in [3.63, 3.8) is 0 Å². The molecule has 0 amide bonds. The summed E-state index contributed by atoms with van der Waals surface area (Å²) in [6.07, 6.45) is 10.4. The SMILES string of the molecule is C=CC=C.C=Cc1ccccc1.CC(C=CC#N)=Cc1ccccc1. The Morgan fingerprint density at radius 2 is 1.32 bits per heavy atom. The van der Waals surface area contributed by atoms with Gasteiger partial charge in [-0.1, -0.05) is 105 Å². The van der Waals surface area contributed by atoms with E-state index in [-0.39, 0.29) is 0 Å². The summed E-state index contributed by atoms with van der Waals surface area (Å²) in [4.78, 5) is 0. The standard InChI is InChI=1S/C12H11N.C8H8.C4H6/c1-11(6-5-9-13)10-12-7-3-2-4-8-12;1-2-8-6-4-3-5-7-8;1-3-4-2/h2-8,10H,1H3;2-7H,1H2;3-4H,1-2H2. The average Bonchev–Trinajstić information content (AvgIpc) is 2.68. The number of nitrogens with zero attached hydrogens (tertiary/aromatic N) is 1. The van der Waals surface area contributed by atoms with Crippen molar-refractivity contribution in [3.05, 3.63) is 121 Å². The van der Waals surface area contributed by atoms with Gasteiger partial charge in [-0.25, -0.2) is 0 Å². The van der Waals surface area contributed by atoms with Gasteiger partial charge in [-0.3, -0.25) is 0 Å². The van der Waals surface area contributed by atoms with Crippen LogP contribution in [0, 0.1) is 11.3 Å². The van der Waals surface area contributed by atoms with Gasteiger partial charge in [0.1, 0.15) is 0 Å². The quantitative estimate of drug-likeness (QED) is 0.444. The minimum atomic E-state index is 1.08. The molecule has 0 radical (unpaired) electrons. The average molecular weight is 327 g/mol. The van der Waals surface area contributed by atoms with Crippen LogP contribution >= 0.6 is 0 Å². The first-order valence-electron chi connectivity index (χ1n) is 7.88. The van der Waals surface area contributed by atoms with E-state index < -0.39 is 0 Å². The van der Waals surface area contributed by atoms with E-state index in [1.165, 1.54) is 11.6 Å². The van der Waals surface area contributed by atoms with Gasteiger partial charge in [-0.05, 0) is 29.7 Å². The molecule has 2 rings (SSSR count). The molecular formula is C24H25N. The molecule has 0 saturated carbocycles. The van der Waals surface area contributed by atoms with Gasteiger partial charge in [-0.2, -0.15) is 5.26 Å². The van der Waals surface area contributed by atoms with Crippen molar-refractivity contribution < 1.29 is 0 Å². The van der Waals surface area contributed by atoms with Crippen LogP contribution in [-0.2, 0) is 0 Å². The minimum Gasteiger partial charge on any atom is -0.193 e. The summed E-state index contributed by atoms with van der Waals surface area (Å²) in [6, 6.07) is 22.0. The first-order chi connectivity index (χ1) is 12.2. The van der Waals surface area contributed by atoms with Crippen LogP contribution in [0.1, 0.15) is 18.1 Å². The zero-order valence-electron chi connectivity index (χ0n) is 14.8. The molecule has 126 valence electrons. The highest BCUT2D eigenvalue weighted by Gasteiger charge is 1.85. The highest BCUT2D eigenvalue weighted by Crippen LogP contribution is 2.06. The molecule has 0 aromatic heterocycles. The van der Waals surface area contributed by atoms with Gasteiger partial charge >= 0.3 is 0 Å². The van der Waals surface area contributed by atoms with Crippen molar-refractivity contribution in [1.82, 2.24) is 0 Å². The molecule has 1 nitrogen and oxygen atoms in total. The van der Waals surface area contributed by atoms with Gasteiger partial charge in [-0.15, -0.1) is 0 Å². The van der Waals surface area contributed by atoms with E-state index in [1.807, 2.05) is 85.8 Å². The van der Waals surface area contributed by atoms with E-state index in [2.05, 4.69) is 19.7 Å². The molecule has 0 fully saturated rings. The van der Waals surface area contributed by atoms with Crippen LogP contribution in [0.2, 0.25) is 0 Å². The lowest BCUT2D eigenvalue weighted by atomic mass is 10.1. The molecule has 0 aliphatic carbocycles. The number of hydrogen-bond acceptors (Lipinski definition) is 1. The summed E-state index contributed by atoms with van der Waals surface area (Å²) in [5.74, 6) is 0. The molecule has 0 spiro atoms. The van der Waals surface area contributed by atoms with Crippen molar-refractivity contribution in [3.8, 4) is 6.07 Å². The van der Waals surface area contributed by atoms with Crippen LogP contribution in [0.3, 0.4) is 0 Å². The van der Waals surface area contributed by atoms with E-state index in [4.69, 9.17) is 5.26 Å². The minimum absolute atomic E-state index is 1.08. The second-order valence-corrected chi connectivity index (χ2v) is 4.85. The summed E-state index contributed by atoms with van der Waals surface area (Å²) in [5, 5.41) is 8.32. The van der Waals surface area contributed by atoms with Crippen LogP contribution in [0.4, 0.5) is 0 Å². The van der Waals surface area contributed by atoms with E-state index in [0.29, 0.717) is 0 Å². The molecule has 0 aliphatic rings. The lowest BCUT2D eigenvalue weighted by Gasteiger charge is -1.93. The Morgan fingerprint density at radius 1 is 0.840 bits per heavy atom. The van der Waals surface area contributed by atoms with Gasteiger partial charge in [0, 0.05) is 6.08 Å². The molecule has 0 N–H and O–H groups in total. The summed E-state index contributed by atoms with van der Waals surface area (Å²) in [6.45, 7) is 12.3. The maximum absolute atomic E-state index is 8.32. The third-order valence-corrected chi connectivity index (χ3v) is 2.82. The normalized spacial score (nSPS) is 9.52. The van der Waals surface area contributed by atoms with E-state index in [1.54, 1.807) is 18.2 Å². The number of rotatable bonds is 4. The molecule has 2 aromatic rings. The molecule has 2 aromatic carbocycles. The predicted octanol–water partition coefficient (Wildman–Crippen LogP) is 6.86. The number of hydrogen-bond donors (Lipinski definition) is 0. The van der Waals surface area contributed by atoms with Crippen molar-refractivity contribution >= 4 is 12.2 Å². The Hall–Kier alpha value is -3.37. The molecule has 0 unspecified atom stereocenters. The Kier molecular flexibility index (Phi) is 13.4. The van der Waals surface area contributed by atoms with E-state index in [0.717, 1.165) is 11.1 Å². The third kappa shape index (κ3) is 12.8. The molecule has 0 bridgehead atoms. The highest BCUT2D eigenvalue weighted by atomic mass is 14.2. The molecule has 0 saturated heterocycles. The largest absolute Gasteiger partial charge is 0.193 e. The zero-order valence-corrected chi connectivity index (χ0v) is 14.8. The lowest BCUT2D eigenvalue weighted by molar-refractivity contribution is 1.51. The monoisotopic (exact) mass is 327 g/mol. The fraction of sp³-hybridized carbons (Fsp3) is 0.0417. The van der Waals surface area contributed by atoms with Crippen molar-refractivity contribution in [2.45, 2.75) is 6.92 Å². The molecule has 0 atom stereocenters. The molecule has 1 heteroatoms. The zero-order chi connectivity index (χ0) is 18.8. The van der Waals surface area contributed by atoms with Crippen LogP contribution in [0.25, 0.3) is 12.2 Å². The fourth-order valence-corrected chi connectivity index (χ4v) is 1.62. The van der Waals surface area contributed by atoms with E-state index >= 15 is 0 Å². The lowest BCUT2D eigenvalue weighted by Crippen LogP contribution is -1.71. The van der Waals surface area contributed by atoms with Gasteiger partial charge in [0.15, 0.2) is 0 Å². The number of benzene rings is 2. The van der Waals surface area contributed by atoms with Gasteiger partial charge in [0.05, 0.1) is 6.07 Å². The molecule has 25 heavy (non-hydrogen) atoms. The number of allylic oxidation sites excluding steroid dienone is 5. The first-order valence-corrected chi connectivity index (χ1v) is 7.88. The number of nitriles is 1. The Balaban J connectivity index is 0.000000407. The summed E-state index contributed by atoms with van der Waals surface area (Å²) >= 11 is 0. The van der Waals surface area contributed by atoms with Crippen molar-refractivity contribution in [2.75, 3.05) is 0 Å².